The van der Waals surface area contributed by atoms with Crippen LogP contribution in [0.2, 0.25) is 0 Å². The third-order valence-electron chi connectivity index (χ3n) is 3.50. The molecule has 0 atom stereocenters. The topological polar surface area (TPSA) is 170 Å². The Morgan fingerprint density at radius 3 is 1.52 bits per heavy atom. The van der Waals surface area contributed by atoms with Gasteiger partial charge in [0.1, 0.15) is 0 Å². The van der Waals surface area contributed by atoms with Crippen LogP contribution in [0.15, 0.2) is 0 Å². The molecule has 29 heavy (non-hydrogen) atoms. The fourth-order valence-corrected chi connectivity index (χ4v) is 2.62. The predicted molar refractivity (Wildman–Crippen MR) is 103 cm³/mol. The fraction of sp³-hybridized carbons (Fsp3) is 0.389. The normalized spacial score (nSPS) is 9.97. The number of urea groups is 1. The smallest absolute Gasteiger partial charge is 0.326 e. The molecule has 0 unspecified atom stereocenters. The molecule has 1 rings (SSSR count). The van der Waals surface area contributed by atoms with Crippen molar-refractivity contribution in [2.24, 2.45) is 5.73 Å². The molecule has 11 heteroatoms. The number of ether oxygens (including phenoxy) is 3. The van der Waals surface area contributed by atoms with E-state index in [4.69, 9.17) is 25.4 Å². The molecule has 0 radical (unpaired) electrons. The molecule has 2 amide bonds. The van der Waals surface area contributed by atoms with Gasteiger partial charge in [0.15, 0.2) is 17.5 Å². The molecule has 158 valence electrons. The average molecular weight is 408 g/mol. The number of nitrogens with one attached hydrogen (secondary N) is 3. The van der Waals surface area contributed by atoms with E-state index in [1.54, 1.807) is 13.8 Å². The summed E-state index contributed by atoms with van der Waals surface area (Å²) in [5.74, 6) is -3.32. The number of guanidine groups is 1. The minimum Gasteiger partial charge on any atom is -0.422 e. The molecule has 0 aliphatic heterocycles. The Labute approximate surface area is 167 Å². The van der Waals surface area contributed by atoms with Crippen LogP contribution in [0.4, 0.5) is 10.5 Å². The molecule has 0 saturated heterocycles. The number of esters is 3. The number of carbonyl (C=O) groups excluding carboxylic acids is 4. The van der Waals surface area contributed by atoms with E-state index in [-0.39, 0.29) is 35.8 Å². The standard InChI is InChI=1S/C18H24N4O7/c1-6-11-13(21-18(26)22-17(19)20)12(7-2)15(28-9(4)24)16(29-10(5)25)14(11)27-8(3)23/h6-7H2,1-5H3,(H5,19,20,21,22,26). The van der Waals surface area contributed by atoms with E-state index in [0.717, 1.165) is 20.8 Å². The Morgan fingerprint density at radius 2 is 1.21 bits per heavy atom. The maximum absolute atomic E-state index is 12.1. The Balaban J connectivity index is 3.91. The Morgan fingerprint density at radius 1 is 0.828 bits per heavy atom. The van der Waals surface area contributed by atoms with Crippen LogP contribution < -0.4 is 30.6 Å². The summed E-state index contributed by atoms with van der Waals surface area (Å²) in [5, 5.41) is 11.8. The number of hydrogen-bond acceptors (Lipinski definition) is 8. The first kappa shape index (κ1) is 23.4. The second kappa shape index (κ2) is 10.1. The molecule has 0 heterocycles. The second-order valence-corrected chi connectivity index (χ2v) is 5.80. The molecule has 0 aliphatic carbocycles. The Hall–Kier alpha value is -3.63. The molecule has 1 aromatic rings. The highest BCUT2D eigenvalue weighted by atomic mass is 16.6. The summed E-state index contributed by atoms with van der Waals surface area (Å²) in [6.45, 7) is 6.87. The first-order valence-electron chi connectivity index (χ1n) is 8.70. The van der Waals surface area contributed by atoms with Gasteiger partial charge in [-0.25, -0.2) is 4.79 Å². The average Bonchev–Trinajstić information content (AvgIpc) is 2.56. The minimum absolute atomic E-state index is 0.165. The van der Waals surface area contributed by atoms with Gasteiger partial charge in [0.25, 0.3) is 0 Å². The molecule has 1 aromatic carbocycles. The third kappa shape index (κ3) is 6.19. The van der Waals surface area contributed by atoms with Crippen molar-refractivity contribution in [1.82, 2.24) is 5.32 Å². The SMILES string of the molecule is CCc1c(NC(=O)NC(=N)N)c(CC)c(OC(C)=O)c(OC(C)=O)c1OC(C)=O. The van der Waals surface area contributed by atoms with E-state index in [0.29, 0.717) is 11.1 Å². The van der Waals surface area contributed by atoms with Crippen molar-refractivity contribution in [2.75, 3.05) is 5.32 Å². The number of benzene rings is 1. The van der Waals surface area contributed by atoms with Gasteiger partial charge in [-0.15, -0.1) is 0 Å². The summed E-state index contributed by atoms with van der Waals surface area (Å²) in [7, 11) is 0. The predicted octanol–water partition coefficient (Wildman–Crippen LogP) is 1.60. The van der Waals surface area contributed by atoms with Crippen LogP contribution in [-0.4, -0.2) is 29.9 Å². The fourth-order valence-electron chi connectivity index (χ4n) is 2.62. The maximum Gasteiger partial charge on any atom is 0.326 e. The lowest BCUT2D eigenvalue weighted by Crippen LogP contribution is -2.39. The minimum atomic E-state index is -0.829. The Bertz CT molecular complexity index is 819. The van der Waals surface area contributed by atoms with Crippen LogP contribution in [0.25, 0.3) is 0 Å². The van der Waals surface area contributed by atoms with Crippen LogP contribution in [0.5, 0.6) is 17.2 Å². The van der Waals surface area contributed by atoms with Gasteiger partial charge >= 0.3 is 23.9 Å². The van der Waals surface area contributed by atoms with Crippen molar-refractivity contribution >= 4 is 35.6 Å². The van der Waals surface area contributed by atoms with Crippen LogP contribution in [-0.2, 0) is 27.2 Å². The molecule has 0 spiro atoms. The summed E-state index contributed by atoms with van der Waals surface area (Å²) in [5.41, 5.74) is 6.00. The summed E-state index contributed by atoms with van der Waals surface area (Å²) >= 11 is 0. The largest absolute Gasteiger partial charge is 0.422 e. The number of rotatable bonds is 6. The first-order valence-corrected chi connectivity index (χ1v) is 8.70. The van der Waals surface area contributed by atoms with Crippen LogP contribution in [0, 0.1) is 5.41 Å². The van der Waals surface area contributed by atoms with Crippen molar-refractivity contribution in [2.45, 2.75) is 47.5 Å². The molecule has 0 bridgehead atoms. The molecule has 0 fully saturated rings. The molecule has 0 saturated carbocycles. The van der Waals surface area contributed by atoms with E-state index in [1.807, 2.05) is 0 Å². The van der Waals surface area contributed by atoms with Gasteiger partial charge in [-0.2, -0.15) is 0 Å². The quantitative estimate of drug-likeness (QED) is 0.238. The summed E-state index contributed by atoms with van der Waals surface area (Å²) < 4.78 is 15.7. The lowest BCUT2D eigenvalue weighted by molar-refractivity contribution is -0.135. The Kier molecular flexibility index (Phi) is 8.12. The van der Waals surface area contributed by atoms with Crippen molar-refractivity contribution in [1.29, 1.82) is 5.41 Å². The van der Waals surface area contributed by atoms with Gasteiger partial charge in [-0.3, -0.25) is 25.1 Å². The number of anilines is 1. The zero-order chi connectivity index (χ0) is 22.3. The van der Waals surface area contributed by atoms with Crippen molar-refractivity contribution in [3.63, 3.8) is 0 Å². The number of nitrogens with two attached hydrogens (primary N) is 1. The highest BCUT2D eigenvalue weighted by molar-refractivity contribution is 6.02. The van der Waals surface area contributed by atoms with Crippen molar-refractivity contribution < 1.29 is 33.4 Å². The third-order valence-corrected chi connectivity index (χ3v) is 3.50. The van der Waals surface area contributed by atoms with Crippen molar-refractivity contribution in [3.05, 3.63) is 11.1 Å². The molecule has 5 N–H and O–H groups in total. The summed E-state index contributed by atoms with van der Waals surface area (Å²) in [6, 6.07) is -0.829. The monoisotopic (exact) mass is 408 g/mol. The lowest BCUT2D eigenvalue weighted by Gasteiger charge is -2.23. The van der Waals surface area contributed by atoms with Gasteiger partial charge < -0.3 is 25.3 Å². The highest BCUT2D eigenvalue weighted by Crippen LogP contribution is 2.49. The number of hydrogen-bond donors (Lipinski definition) is 4. The van der Waals surface area contributed by atoms with Gasteiger partial charge in [-0.1, -0.05) is 13.8 Å². The molecule has 0 aliphatic rings. The molecular formula is C18H24N4O7. The van der Waals surface area contributed by atoms with Crippen molar-refractivity contribution in [3.8, 4) is 17.2 Å². The van der Waals surface area contributed by atoms with Crippen LogP contribution >= 0.6 is 0 Å². The van der Waals surface area contributed by atoms with Gasteiger partial charge in [-0.05, 0) is 12.8 Å². The van der Waals surface area contributed by atoms with E-state index < -0.39 is 29.9 Å². The maximum atomic E-state index is 12.1. The van der Waals surface area contributed by atoms with Crippen LogP contribution in [0.3, 0.4) is 0 Å². The van der Waals surface area contributed by atoms with Gasteiger partial charge in [0.2, 0.25) is 5.75 Å². The van der Waals surface area contributed by atoms with E-state index in [9.17, 15) is 19.2 Å². The first-order chi connectivity index (χ1) is 13.5. The van der Waals surface area contributed by atoms with E-state index in [1.165, 1.54) is 0 Å². The second-order valence-electron chi connectivity index (χ2n) is 5.80. The molecule has 11 nitrogen and oxygen atoms in total. The molecular weight excluding hydrogens is 384 g/mol. The summed E-state index contributed by atoms with van der Waals surface area (Å²) in [4.78, 5) is 47.1. The van der Waals surface area contributed by atoms with Gasteiger partial charge in [0, 0.05) is 31.9 Å². The lowest BCUT2D eigenvalue weighted by atomic mass is 9.99. The zero-order valence-corrected chi connectivity index (χ0v) is 16.8. The highest BCUT2D eigenvalue weighted by Gasteiger charge is 2.30. The van der Waals surface area contributed by atoms with Gasteiger partial charge in [0.05, 0.1) is 5.69 Å². The zero-order valence-electron chi connectivity index (χ0n) is 16.8. The van der Waals surface area contributed by atoms with Crippen LogP contribution in [0.1, 0.15) is 45.7 Å². The summed E-state index contributed by atoms with van der Waals surface area (Å²) in [6.07, 6.45) is 0.500. The number of carbonyl (C=O) groups is 4. The number of amides is 2. The van der Waals surface area contributed by atoms with E-state index in [2.05, 4.69) is 10.6 Å². The molecule has 0 aromatic heterocycles. The van der Waals surface area contributed by atoms with E-state index >= 15 is 0 Å².